The molecule has 2 aromatic heterocycles. The minimum absolute atomic E-state index is 0.0513. The van der Waals surface area contributed by atoms with Crippen molar-refractivity contribution in [2.45, 2.75) is 13.5 Å². The normalized spacial score (nSPS) is 10.8. The van der Waals surface area contributed by atoms with E-state index < -0.39 is 0 Å². The summed E-state index contributed by atoms with van der Waals surface area (Å²) < 4.78 is 1.74. The molecule has 0 saturated carbocycles. The van der Waals surface area contributed by atoms with E-state index in [9.17, 15) is 4.79 Å². The lowest BCUT2D eigenvalue weighted by molar-refractivity contribution is 0.101. The van der Waals surface area contributed by atoms with E-state index in [-0.39, 0.29) is 5.78 Å². The van der Waals surface area contributed by atoms with Crippen LogP contribution >= 0.6 is 0 Å². The average Bonchev–Trinajstić information content (AvgIpc) is 3.09. The molecule has 0 bridgehead atoms. The molecule has 4 aromatic rings. The number of carbonyl (C=O) groups is 1. The molecule has 0 unspecified atom stereocenters. The van der Waals surface area contributed by atoms with Crippen molar-refractivity contribution >= 4 is 16.8 Å². The van der Waals surface area contributed by atoms with E-state index in [2.05, 4.69) is 4.98 Å². The number of ketones is 1. The summed E-state index contributed by atoms with van der Waals surface area (Å²) in [6.07, 6.45) is 3.69. The number of nitrogens with zero attached hydrogens (tertiary/aromatic N) is 2. The maximum Gasteiger partial charge on any atom is 0.159 e. The minimum atomic E-state index is 0.0513. The van der Waals surface area contributed by atoms with E-state index in [1.165, 1.54) is 0 Å². The highest BCUT2D eigenvalue weighted by molar-refractivity contribution is 5.95. The van der Waals surface area contributed by atoms with Crippen LogP contribution in [0.1, 0.15) is 22.8 Å². The summed E-state index contributed by atoms with van der Waals surface area (Å²) in [6, 6.07) is 21.6. The fourth-order valence-electron chi connectivity index (χ4n) is 2.89. The molecule has 4 heteroatoms. The molecule has 2 heterocycles. The lowest BCUT2D eigenvalue weighted by Gasteiger charge is -2.09. The SMILES string of the molecule is CC(=O)c1cccc(-c2cnc3ccn(OCc4ccccc4)c3c2)c1. The second kappa shape index (κ2) is 6.84. The fraction of sp³-hybridized carbons (Fsp3) is 0.0909. The second-order valence-corrected chi connectivity index (χ2v) is 6.17. The Morgan fingerprint density at radius 1 is 1.00 bits per heavy atom. The number of hydrogen-bond donors (Lipinski definition) is 0. The predicted octanol–water partition coefficient (Wildman–Crippen LogP) is 4.53. The molecule has 0 saturated heterocycles. The number of hydrogen-bond acceptors (Lipinski definition) is 3. The zero-order valence-electron chi connectivity index (χ0n) is 14.4. The molecule has 2 aromatic carbocycles. The largest absolute Gasteiger partial charge is 0.409 e. The van der Waals surface area contributed by atoms with Gasteiger partial charge in [0.15, 0.2) is 5.78 Å². The summed E-state index contributed by atoms with van der Waals surface area (Å²) >= 11 is 0. The Bertz CT molecular complexity index is 1070. The van der Waals surface area contributed by atoms with Gasteiger partial charge in [0, 0.05) is 23.5 Å². The van der Waals surface area contributed by atoms with Crippen molar-refractivity contribution in [3.63, 3.8) is 0 Å². The number of benzene rings is 2. The van der Waals surface area contributed by atoms with Crippen LogP contribution in [0.15, 0.2) is 79.1 Å². The Kier molecular flexibility index (Phi) is 4.23. The standard InChI is InChI=1S/C22H18N2O2/c1-16(25)18-8-5-9-19(12-18)20-13-22-21(23-14-20)10-11-24(22)26-15-17-6-3-2-4-7-17/h2-14H,15H2,1H3. The number of rotatable bonds is 5. The first-order chi connectivity index (χ1) is 12.7. The van der Waals surface area contributed by atoms with Gasteiger partial charge >= 0.3 is 0 Å². The summed E-state index contributed by atoms with van der Waals surface area (Å²) in [5.74, 6) is 0.0513. The Hall–Kier alpha value is -3.40. The van der Waals surface area contributed by atoms with Crippen molar-refractivity contribution < 1.29 is 9.63 Å². The van der Waals surface area contributed by atoms with E-state index in [0.717, 1.165) is 27.7 Å². The highest BCUT2D eigenvalue weighted by atomic mass is 16.7. The summed E-state index contributed by atoms with van der Waals surface area (Å²) in [5, 5.41) is 0. The molecule has 0 N–H and O–H groups in total. The van der Waals surface area contributed by atoms with E-state index in [4.69, 9.17) is 4.84 Å². The van der Waals surface area contributed by atoms with Crippen LogP contribution < -0.4 is 4.84 Å². The molecule has 0 radical (unpaired) electrons. The summed E-state index contributed by atoms with van der Waals surface area (Å²) in [7, 11) is 0. The third-order valence-electron chi connectivity index (χ3n) is 4.32. The lowest BCUT2D eigenvalue weighted by Crippen LogP contribution is -2.09. The van der Waals surface area contributed by atoms with Crippen LogP contribution in [0, 0.1) is 0 Å². The molecule has 128 valence electrons. The van der Waals surface area contributed by atoms with E-state index in [1.807, 2.05) is 79.1 Å². The molecule has 4 rings (SSSR count). The van der Waals surface area contributed by atoms with Gasteiger partial charge in [-0.3, -0.25) is 9.78 Å². The first kappa shape index (κ1) is 16.1. The van der Waals surface area contributed by atoms with Gasteiger partial charge in [-0.25, -0.2) is 0 Å². The van der Waals surface area contributed by atoms with Gasteiger partial charge in [-0.2, -0.15) is 4.73 Å². The number of fused-ring (bicyclic) bond motifs is 1. The van der Waals surface area contributed by atoms with Gasteiger partial charge in [0.05, 0.1) is 5.52 Å². The third kappa shape index (κ3) is 3.22. The maximum atomic E-state index is 11.6. The van der Waals surface area contributed by atoms with Crippen LogP contribution in [-0.2, 0) is 6.61 Å². The van der Waals surface area contributed by atoms with E-state index >= 15 is 0 Å². The first-order valence-corrected chi connectivity index (χ1v) is 8.46. The minimum Gasteiger partial charge on any atom is -0.409 e. The highest BCUT2D eigenvalue weighted by Crippen LogP contribution is 2.24. The van der Waals surface area contributed by atoms with Gasteiger partial charge in [-0.1, -0.05) is 48.5 Å². The van der Waals surface area contributed by atoms with Crippen LogP contribution in [0.2, 0.25) is 0 Å². The molecule has 0 amide bonds. The van der Waals surface area contributed by atoms with Crippen LogP contribution in [0.3, 0.4) is 0 Å². The molecular weight excluding hydrogens is 324 g/mol. The van der Waals surface area contributed by atoms with Gasteiger partial charge in [-0.15, -0.1) is 0 Å². The van der Waals surface area contributed by atoms with Crippen LogP contribution in [0.25, 0.3) is 22.2 Å². The highest BCUT2D eigenvalue weighted by Gasteiger charge is 2.08. The predicted molar refractivity (Wildman–Crippen MR) is 102 cm³/mol. The summed E-state index contributed by atoms with van der Waals surface area (Å²) in [6.45, 7) is 2.05. The number of aromatic nitrogens is 2. The zero-order chi connectivity index (χ0) is 17.9. The number of pyridine rings is 1. The van der Waals surface area contributed by atoms with E-state index in [0.29, 0.717) is 12.2 Å². The van der Waals surface area contributed by atoms with Crippen LogP contribution in [-0.4, -0.2) is 15.5 Å². The quantitative estimate of drug-likeness (QED) is 0.500. The third-order valence-corrected chi connectivity index (χ3v) is 4.32. The van der Waals surface area contributed by atoms with Crippen molar-refractivity contribution in [1.82, 2.24) is 9.71 Å². The Morgan fingerprint density at radius 2 is 1.85 bits per heavy atom. The Morgan fingerprint density at radius 3 is 2.65 bits per heavy atom. The molecule has 0 aliphatic heterocycles. The molecule has 0 aliphatic rings. The molecule has 0 atom stereocenters. The first-order valence-electron chi connectivity index (χ1n) is 8.46. The molecule has 0 fully saturated rings. The summed E-state index contributed by atoms with van der Waals surface area (Å²) in [4.78, 5) is 22.1. The van der Waals surface area contributed by atoms with Gasteiger partial charge in [0.1, 0.15) is 12.1 Å². The van der Waals surface area contributed by atoms with E-state index in [1.54, 1.807) is 11.7 Å². The molecule has 4 nitrogen and oxygen atoms in total. The lowest BCUT2D eigenvalue weighted by atomic mass is 10.0. The summed E-state index contributed by atoms with van der Waals surface area (Å²) in [5.41, 5.74) is 5.47. The average molecular weight is 342 g/mol. The Labute approximate surface area is 151 Å². The molecular formula is C22H18N2O2. The maximum absolute atomic E-state index is 11.6. The van der Waals surface area contributed by atoms with Gasteiger partial charge in [-0.05, 0) is 36.2 Å². The zero-order valence-corrected chi connectivity index (χ0v) is 14.4. The van der Waals surface area contributed by atoms with Crippen LogP contribution in [0.4, 0.5) is 0 Å². The fourth-order valence-corrected chi connectivity index (χ4v) is 2.89. The van der Waals surface area contributed by atoms with Crippen molar-refractivity contribution in [3.05, 3.63) is 90.3 Å². The van der Waals surface area contributed by atoms with Crippen LogP contribution in [0.5, 0.6) is 0 Å². The van der Waals surface area contributed by atoms with Gasteiger partial charge < -0.3 is 4.84 Å². The van der Waals surface area contributed by atoms with Crippen molar-refractivity contribution in [2.24, 2.45) is 0 Å². The molecule has 26 heavy (non-hydrogen) atoms. The monoisotopic (exact) mass is 342 g/mol. The smallest absolute Gasteiger partial charge is 0.159 e. The number of carbonyl (C=O) groups excluding carboxylic acids is 1. The van der Waals surface area contributed by atoms with Gasteiger partial charge in [0.2, 0.25) is 0 Å². The van der Waals surface area contributed by atoms with Gasteiger partial charge in [0.25, 0.3) is 0 Å². The Balaban J connectivity index is 1.66. The molecule has 0 aliphatic carbocycles. The topological polar surface area (TPSA) is 44.1 Å². The van der Waals surface area contributed by atoms with Crippen molar-refractivity contribution in [2.75, 3.05) is 0 Å². The van der Waals surface area contributed by atoms with Crippen molar-refractivity contribution in [1.29, 1.82) is 0 Å². The second-order valence-electron chi connectivity index (χ2n) is 6.17. The van der Waals surface area contributed by atoms with Crippen molar-refractivity contribution in [3.8, 4) is 11.1 Å². The number of Topliss-reactive ketones (excluding diaryl/α,β-unsaturated/α-hetero) is 1. The molecule has 0 spiro atoms.